The Labute approximate surface area is 159 Å². The maximum atomic E-state index is 12.3. The van der Waals surface area contributed by atoms with E-state index in [-0.39, 0.29) is 36.1 Å². The zero-order chi connectivity index (χ0) is 15.8. The first-order chi connectivity index (χ1) is 10.7. The smallest absolute Gasteiger partial charge is 0.220 e. The van der Waals surface area contributed by atoms with Crippen molar-refractivity contribution in [2.45, 2.75) is 57.4 Å². The first kappa shape index (κ1) is 23.9. The van der Waals surface area contributed by atoms with Crippen LogP contribution in [0.2, 0.25) is 0 Å². The van der Waals surface area contributed by atoms with Crippen LogP contribution in [0.4, 0.5) is 0 Å². The predicted molar refractivity (Wildman–Crippen MR) is 103 cm³/mol. The number of nitrogens with two attached hydrogens (primary N) is 1. The van der Waals surface area contributed by atoms with Gasteiger partial charge in [-0.05, 0) is 44.2 Å². The lowest BCUT2D eigenvalue weighted by atomic mass is 9.71. The van der Waals surface area contributed by atoms with Crippen LogP contribution in [0.25, 0.3) is 0 Å². The van der Waals surface area contributed by atoms with E-state index in [1.807, 2.05) is 0 Å². The molecular weight excluding hydrogens is 349 g/mol. The number of nitrogens with one attached hydrogen (secondary N) is 1. The lowest BCUT2D eigenvalue weighted by Gasteiger charge is -2.35. The van der Waals surface area contributed by atoms with Gasteiger partial charge < -0.3 is 15.8 Å². The second-order valence-corrected chi connectivity index (χ2v) is 7.07. The molecule has 0 aromatic rings. The summed E-state index contributed by atoms with van der Waals surface area (Å²) in [5, 5.41) is 3.16. The van der Waals surface area contributed by atoms with Crippen molar-refractivity contribution in [3.63, 3.8) is 0 Å². The molecule has 2 aliphatic rings. The molecule has 24 heavy (non-hydrogen) atoms. The molecule has 0 spiro atoms. The molecule has 1 aliphatic carbocycles. The number of carbonyl (C=O) groups is 1. The molecule has 1 amide bonds. The summed E-state index contributed by atoms with van der Waals surface area (Å²) in [6, 6.07) is 0.472. The number of methoxy groups -OCH3 is 1. The van der Waals surface area contributed by atoms with Crippen molar-refractivity contribution in [1.82, 2.24) is 10.2 Å². The maximum Gasteiger partial charge on any atom is 0.220 e. The van der Waals surface area contributed by atoms with E-state index in [4.69, 9.17) is 10.5 Å². The molecule has 5 nitrogen and oxygen atoms in total. The zero-order valence-corrected chi connectivity index (χ0v) is 16.6. The van der Waals surface area contributed by atoms with Gasteiger partial charge in [0.1, 0.15) is 0 Å². The lowest BCUT2D eigenvalue weighted by molar-refractivity contribution is -0.124. The molecule has 1 unspecified atom stereocenters. The number of nitrogens with zero attached hydrogens (tertiary/aromatic N) is 1. The predicted octanol–water partition coefficient (Wildman–Crippen LogP) is 2.36. The maximum absolute atomic E-state index is 12.3. The number of hydrogen-bond acceptors (Lipinski definition) is 4. The Morgan fingerprint density at radius 3 is 2.58 bits per heavy atom. The lowest BCUT2D eigenvalue weighted by Crippen LogP contribution is -2.44. The Hall–Kier alpha value is -0.0700. The van der Waals surface area contributed by atoms with Gasteiger partial charge in [0.25, 0.3) is 0 Å². The van der Waals surface area contributed by atoms with Crippen LogP contribution >= 0.6 is 24.8 Å². The zero-order valence-electron chi connectivity index (χ0n) is 14.9. The number of carbonyl (C=O) groups excluding carboxylic acids is 1. The van der Waals surface area contributed by atoms with Crippen LogP contribution in [0.15, 0.2) is 0 Å². The third kappa shape index (κ3) is 7.04. The number of likely N-dealkylation sites (tertiary alicyclic amines) is 1. The summed E-state index contributed by atoms with van der Waals surface area (Å²) < 4.78 is 5.16. The number of amides is 1. The van der Waals surface area contributed by atoms with E-state index in [0.29, 0.717) is 19.0 Å². The van der Waals surface area contributed by atoms with Crippen molar-refractivity contribution in [2.75, 3.05) is 39.9 Å². The Kier molecular flexibility index (Phi) is 12.3. The molecule has 3 N–H and O–H groups in total. The summed E-state index contributed by atoms with van der Waals surface area (Å²) in [7, 11) is 1.74. The second kappa shape index (κ2) is 12.3. The quantitative estimate of drug-likeness (QED) is 0.674. The van der Waals surface area contributed by atoms with E-state index >= 15 is 0 Å². The highest BCUT2D eigenvalue weighted by atomic mass is 35.5. The van der Waals surface area contributed by atoms with Crippen molar-refractivity contribution < 1.29 is 9.53 Å². The summed E-state index contributed by atoms with van der Waals surface area (Å²) in [6.07, 6.45) is 8.95. The first-order valence-electron chi connectivity index (χ1n) is 8.89. The van der Waals surface area contributed by atoms with Gasteiger partial charge in [-0.3, -0.25) is 9.69 Å². The third-order valence-corrected chi connectivity index (χ3v) is 5.50. The molecule has 2 fully saturated rings. The average Bonchev–Trinajstić information content (AvgIpc) is 2.99. The van der Waals surface area contributed by atoms with Crippen molar-refractivity contribution in [2.24, 2.45) is 11.1 Å². The highest BCUT2D eigenvalue weighted by Crippen LogP contribution is 2.38. The van der Waals surface area contributed by atoms with Gasteiger partial charge in [-0.25, -0.2) is 0 Å². The van der Waals surface area contributed by atoms with Gasteiger partial charge in [0.15, 0.2) is 0 Å². The summed E-state index contributed by atoms with van der Waals surface area (Å²) >= 11 is 0. The minimum atomic E-state index is 0. The largest absolute Gasteiger partial charge is 0.383 e. The number of ether oxygens (including phenoxy) is 1. The van der Waals surface area contributed by atoms with E-state index in [0.717, 1.165) is 39.1 Å². The van der Waals surface area contributed by atoms with Gasteiger partial charge in [-0.2, -0.15) is 0 Å². The van der Waals surface area contributed by atoms with Crippen LogP contribution in [0, 0.1) is 5.41 Å². The molecule has 1 saturated heterocycles. The van der Waals surface area contributed by atoms with E-state index in [1.54, 1.807) is 7.11 Å². The monoisotopic (exact) mass is 383 g/mol. The van der Waals surface area contributed by atoms with Crippen molar-refractivity contribution in [1.29, 1.82) is 0 Å². The molecule has 1 aliphatic heterocycles. The molecule has 2 rings (SSSR count). The third-order valence-electron chi connectivity index (χ3n) is 5.50. The number of rotatable bonds is 8. The fraction of sp³-hybridized carbons (Fsp3) is 0.941. The van der Waals surface area contributed by atoms with Crippen molar-refractivity contribution in [3.05, 3.63) is 0 Å². The van der Waals surface area contributed by atoms with Crippen molar-refractivity contribution >= 4 is 30.7 Å². The normalized spacial score (nSPS) is 23.2. The molecule has 1 heterocycles. The van der Waals surface area contributed by atoms with Crippen LogP contribution in [-0.2, 0) is 9.53 Å². The summed E-state index contributed by atoms with van der Waals surface area (Å²) in [5.74, 6) is 0.186. The fourth-order valence-electron chi connectivity index (χ4n) is 4.02. The fourth-order valence-corrected chi connectivity index (χ4v) is 4.02. The highest BCUT2D eigenvalue weighted by Gasteiger charge is 2.33. The Morgan fingerprint density at radius 2 is 1.96 bits per heavy atom. The Bertz CT molecular complexity index is 353. The average molecular weight is 384 g/mol. The topological polar surface area (TPSA) is 67.6 Å². The van der Waals surface area contributed by atoms with Crippen LogP contribution in [0.1, 0.15) is 51.4 Å². The highest BCUT2D eigenvalue weighted by molar-refractivity contribution is 5.85. The van der Waals surface area contributed by atoms with Crippen LogP contribution < -0.4 is 11.1 Å². The molecule has 1 saturated carbocycles. The minimum absolute atomic E-state index is 0. The molecular formula is C17H35Cl2N3O2. The van der Waals surface area contributed by atoms with Gasteiger partial charge in [0.2, 0.25) is 5.91 Å². The molecule has 1 atom stereocenters. The molecule has 7 heteroatoms. The van der Waals surface area contributed by atoms with Crippen molar-refractivity contribution in [3.8, 4) is 0 Å². The van der Waals surface area contributed by atoms with E-state index < -0.39 is 0 Å². The van der Waals surface area contributed by atoms with Crippen LogP contribution in [0.5, 0.6) is 0 Å². The Balaban J connectivity index is 0.00000264. The molecule has 0 aromatic carbocycles. The second-order valence-electron chi connectivity index (χ2n) is 7.07. The van der Waals surface area contributed by atoms with Gasteiger partial charge in [-0.15, -0.1) is 24.8 Å². The molecule has 0 bridgehead atoms. The van der Waals surface area contributed by atoms with E-state index in [2.05, 4.69) is 10.2 Å². The van der Waals surface area contributed by atoms with Gasteiger partial charge >= 0.3 is 0 Å². The summed E-state index contributed by atoms with van der Waals surface area (Å²) in [6.45, 7) is 4.26. The minimum Gasteiger partial charge on any atom is -0.383 e. The Morgan fingerprint density at radius 1 is 1.25 bits per heavy atom. The van der Waals surface area contributed by atoms with Gasteiger partial charge in [-0.1, -0.05) is 19.3 Å². The molecule has 144 valence electrons. The first-order valence-corrected chi connectivity index (χ1v) is 8.89. The van der Waals surface area contributed by atoms with Crippen LogP contribution in [-0.4, -0.2) is 56.7 Å². The standard InChI is InChI=1S/C17H33N3O2.2ClH/c1-22-11-10-20-9-5-6-15(20)13-19-16(21)12-17(14-18)7-3-2-4-8-17;;/h15H,2-14,18H2,1H3,(H,19,21);2*1H. The van der Waals surface area contributed by atoms with E-state index in [9.17, 15) is 4.79 Å². The SMILES string of the molecule is COCCN1CCCC1CNC(=O)CC1(CN)CCCCC1.Cl.Cl. The van der Waals surface area contributed by atoms with E-state index in [1.165, 1.54) is 32.1 Å². The van der Waals surface area contributed by atoms with Gasteiger partial charge in [0, 0.05) is 32.7 Å². The molecule has 0 aromatic heterocycles. The number of halogens is 2. The van der Waals surface area contributed by atoms with Crippen LogP contribution in [0.3, 0.4) is 0 Å². The summed E-state index contributed by atoms with van der Waals surface area (Å²) in [4.78, 5) is 14.8. The van der Waals surface area contributed by atoms with Gasteiger partial charge in [0.05, 0.1) is 6.61 Å². The summed E-state index contributed by atoms with van der Waals surface area (Å²) in [5.41, 5.74) is 6.04. The molecule has 0 radical (unpaired) electrons. The number of hydrogen-bond donors (Lipinski definition) is 2.